The summed E-state index contributed by atoms with van der Waals surface area (Å²) >= 11 is 0. The molecule has 0 saturated carbocycles. The highest BCUT2D eigenvalue weighted by Crippen LogP contribution is 2.42. The van der Waals surface area contributed by atoms with E-state index in [-0.39, 0.29) is 36.5 Å². The number of likely N-dealkylation sites (tertiary alicyclic amines) is 1. The van der Waals surface area contributed by atoms with Crippen LogP contribution >= 0.6 is 0 Å². The van der Waals surface area contributed by atoms with Gasteiger partial charge in [-0.15, -0.1) is 0 Å². The van der Waals surface area contributed by atoms with Gasteiger partial charge in [0, 0.05) is 42.7 Å². The van der Waals surface area contributed by atoms with E-state index in [9.17, 15) is 17.6 Å². The molecule has 1 amide bonds. The van der Waals surface area contributed by atoms with Gasteiger partial charge in [0.25, 0.3) is 5.91 Å². The van der Waals surface area contributed by atoms with Crippen LogP contribution in [-0.4, -0.2) is 78.0 Å². The number of sulfonamides is 1. The lowest BCUT2D eigenvalue weighted by atomic mass is 10.0. The van der Waals surface area contributed by atoms with Crippen LogP contribution in [0.2, 0.25) is 0 Å². The fraction of sp³-hybridized carbons (Fsp3) is 0.444. The van der Waals surface area contributed by atoms with Crippen molar-refractivity contribution in [3.05, 3.63) is 53.3 Å². The minimum Gasteiger partial charge on any atom is -0.455 e. The van der Waals surface area contributed by atoms with E-state index < -0.39 is 28.0 Å². The summed E-state index contributed by atoms with van der Waals surface area (Å²) in [6.07, 6.45) is 1.19. The quantitative estimate of drug-likeness (QED) is 0.506. The minimum atomic E-state index is -3.69. The zero-order chi connectivity index (χ0) is 27.2. The Labute approximate surface area is 221 Å². The van der Waals surface area contributed by atoms with E-state index in [0.29, 0.717) is 27.8 Å². The molecule has 3 aromatic rings. The third-order valence-electron chi connectivity index (χ3n) is 7.14. The monoisotopic (exact) mass is 545 g/mol. The van der Waals surface area contributed by atoms with Gasteiger partial charge in [-0.25, -0.2) is 12.8 Å². The lowest BCUT2D eigenvalue weighted by molar-refractivity contribution is -0.0614. The molecule has 0 aliphatic carbocycles. The Kier molecular flexibility index (Phi) is 7.21. The number of benzene rings is 2. The molecule has 3 heterocycles. The summed E-state index contributed by atoms with van der Waals surface area (Å²) < 4.78 is 59.4. The van der Waals surface area contributed by atoms with Crippen molar-refractivity contribution in [1.82, 2.24) is 10.2 Å². The van der Waals surface area contributed by atoms with E-state index in [0.717, 1.165) is 25.8 Å². The standard InChI is InChI=1S/C27H32FN3O6S/c1-16-21-11-22-24(37-26(25(22)27(32)29-2)17-5-7-18(28)8-6-17)12-23(21)31(38(4,33)34)14-20(36-16)15-35-19-9-10-30(3)13-19/h5-8,11-12,16,19-20H,9-10,13-15H2,1-4H3,(H,29,32)/t16-,19+,20-/m0/s1. The number of carbonyl (C=O) groups excluding carboxylic acids is 1. The highest BCUT2D eigenvalue weighted by molar-refractivity contribution is 7.92. The number of fused-ring (bicyclic) bond motifs is 2. The molecule has 3 atom stereocenters. The molecule has 9 nitrogen and oxygen atoms in total. The maximum Gasteiger partial charge on any atom is 0.255 e. The van der Waals surface area contributed by atoms with E-state index in [2.05, 4.69) is 10.2 Å². The van der Waals surface area contributed by atoms with Crippen molar-refractivity contribution in [3.8, 4) is 11.3 Å². The van der Waals surface area contributed by atoms with Crippen molar-refractivity contribution in [2.24, 2.45) is 0 Å². The molecule has 11 heteroatoms. The second-order valence-corrected chi connectivity index (χ2v) is 11.9. The highest BCUT2D eigenvalue weighted by Gasteiger charge is 2.34. The van der Waals surface area contributed by atoms with Crippen LogP contribution in [0.5, 0.6) is 0 Å². The molecule has 0 unspecified atom stereocenters. The van der Waals surface area contributed by atoms with E-state index in [1.807, 2.05) is 14.0 Å². The summed E-state index contributed by atoms with van der Waals surface area (Å²) in [7, 11) is -0.130. The highest BCUT2D eigenvalue weighted by atomic mass is 32.2. The first-order valence-electron chi connectivity index (χ1n) is 12.6. The number of likely N-dealkylation sites (N-methyl/N-ethyl adjacent to an activating group) is 1. The van der Waals surface area contributed by atoms with Gasteiger partial charge in [-0.05, 0) is 50.7 Å². The second kappa shape index (κ2) is 10.3. The van der Waals surface area contributed by atoms with Gasteiger partial charge < -0.3 is 24.1 Å². The Hall–Kier alpha value is -2.99. The average Bonchev–Trinajstić information content (AvgIpc) is 3.42. The Morgan fingerprint density at radius 2 is 1.95 bits per heavy atom. The molecule has 5 rings (SSSR count). The summed E-state index contributed by atoms with van der Waals surface area (Å²) in [5.74, 6) is -0.517. The van der Waals surface area contributed by atoms with Crippen LogP contribution in [0.4, 0.5) is 10.1 Å². The first-order chi connectivity index (χ1) is 18.0. The Morgan fingerprint density at radius 3 is 2.58 bits per heavy atom. The zero-order valence-corrected chi connectivity index (χ0v) is 22.7. The fourth-order valence-electron chi connectivity index (χ4n) is 5.21. The van der Waals surface area contributed by atoms with Crippen LogP contribution in [-0.2, 0) is 19.5 Å². The molecular weight excluding hydrogens is 513 g/mol. The molecule has 204 valence electrons. The van der Waals surface area contributed by atoms with E-state index in [1.165, 1.54) is 35.6 Å². The van der Waals surface area contributed by atoms with Crippen molar-refractivity contribution < 1.29 is 31.5 Å². The van der Waals surface area contributed by atoms with Crippen molar-refractivity contribution in [2.45, 2.75) is 31.7 Å². The maximum atomic E-state index is 13.6. The second-order valence-electron chi connectivity index (χ2n) is 10.0. The van der Waals surface area contributed by atoms with Crippen LogP contribution in [0, 0.1) is 5.82 Å². The van der Waals surface area contributed by atoms with Gasteiger partial charge in [0.1, 0.15) is 23.3 Å². The smallest absolute Gasteiger partial charge is 0.255 e. The minimum absolute atomic E-state index is 0.0814. The molecule has 1 N–H and O–H groups in total. The number of anilines is 1. The van der Waals surface area contributed by atoms with Crippen LogP contribution in [0.3, 0.4) is 0 Å². The topological polar surface area (TPSA) is 101 Å². The number of amides is 1. The van der Waals surface area contributed by atoms with Gasteiger partial charge in [0.15, 0.2) is 0 Å². The first kappa shape index (κ1) is 26.6. The predicted molar refractivity (Wildman–Crippen MR) is 142 cm³/mol. The Bertz CT molecular complexity index is 1460. The lowest BCUT2D eigenvalue weighted by Gasteiger charge is -2.25. The summed E-state index contributed by atoms with van der Waals surface area (Å²) in [5, 5.41) is 3.15. The van der Waals surface area contributed by atoms with Gasteiger partial charge in [0.2, 0.25) is 10.0 Å². The van der Waals surface area contributed by atoms with Crippen LogP contribution < -0.4 is 9.62 Å². The number of furan rings is 1. The molecule has 1 saturated heterocycles. The number of nitrogens with one attached hydrogen (secondary N) is 1. The van der Waals surface area contributed by atoms with Crippen molar-refractivity contribution in [1.29, 1.82) is 0 Å². The molecule has 1 fully saturated rings. The van der Waals surface area contributed by atoms with E-state index in [1.54, 1.807) is 12.1 Å². The SMILES string of the molecule is CNC(=O)c1c(-c2ccc(F)cc2)oc2cc3c(cc12)[C@H](C)O[C@H](CO[C@@H]1CCN(C)C1)CN3S(C)(=O)=O. The molecule has 1 aromatic heterocycles. The number of carbonyl (C=O) groups is 1. The van der Waals surface area contributed by atoms with Crippen LogP contribution in [0.15, 0.2) is 40.8 Å². The van der Waals surface area contributed by atoms with Gasteiger partial charge in [-0.2, -0.15) is 0 Å². The molecule has 0 spiro atoms. The van der Waals surface area contributed by atoms with Crippen molar-refractivity contribution >= 4 is 32.6 Å². The molecule has 0 bridgehead atoms. The zero-order valence-electron chi connectivity index (χ0n) is 21.9. The number of rotatable bonds is 6. The third kappa shape index (κ3) is 5.15. The summed E-state index contributed by atoms with van der Waals surface area (Å²) in [6, 6.07) is 9.04. The van der Waals surface area contributed by atoms with Gasteiger partial charge in [-0.3, -0.25) is 9.10 Å². The normalized spacial score (nSPS) is 22.4. The largest absolute Gasteiger partial charge is 0.455 e. The molecular formula is C27H32FN3O6S. The molecule has 2 aliphatic rings. The van der Waals surface area contributed by atoms with Gasteiger partial charge in [0.05, 0.1) is 42.9 Å². The third-order valence-corrected chi connectivity index (χ3v) is 8.28. The summed E-state index contributed by atoms with van der Waals surface area (Å²) in [5.41, 5.74) is 2.19. The number of hydrogen-bond acceptors (Lipinski definition) is 7. The van der Waals surface area contributed by atoms with Crippen molar-refractivity contribution in [2.75, 3.05) is 50.9 Å². The van der Waals surface area contributed by atoms with E-state index >= 15 is 0 Å². The first-order valence-corrected chi connectivity index (χ1v) is 14.4. The number of halogens is 1. The van der Waals surface area contributed by atoms with Crippen LogP contribution in [0.25, 0.3) is 22.3 Å². The van der Waals surface area contributed by atoms with Gasteiger partial charge >= 0.3 is 0 Å². The molecule has 2 aliphatic heterocycles. The molecule has 2 aromatic carbocycles. The van der Waals surface area contributed by atoms with Crippen LogP contribution in [0.1, 0.15) is 35.4 Å². The molecule has 0 radical (unpaired) electrons. The molecule has 38 heavy (non-hydrogen) atoms. The summed E-state index contributed by atoms with van der Waals surface area (Å²) in [4.78, 5) is 15.2. The number of hydrogen-bond donors (Lipinski definition) is 1. The Morgan fingerprint density at radius 1 is 1.21 bits per heavy atom. The summed E-state index contributed by atoms with van der Waals surface area (Å²) in [6.45, 7) is 3.98. The average molecular weight is 546 g/mol. The number of ether oxygens (including phenoxy) is 2. The fourth-order valence-corrected chi connectivity index (χ4v) is 6.17. The van der Waals surface area contributed by atoms with E-state index in [4.69, 9.17) is 13.9 Å². The maximum absolute atomic E-state index is 13.6. The number of nitrogens with zero attached hydrogens (tertiary/aromatic N) is 2. The Balaban J connectivity index is 1.58. The lowest BCUT2D eigenvalue weighted by Crippen LogP contribution is -2.39. The van der Waals surface area contributed by atoms with Gasteiger partial charge in [-0.1, -0.05) is 0 Å². The predicted octanol–water partition coefficient (Wildman–Crippen LogP) is 3.55. The van der Waals surface area contributed by atoms with Crippen molar-refractivity contribution in [3.63, 3.8) is 0 Å².